The molecule has 0 aliphatic heterocycles. The Kier molecular flexibility index (Phi) is 5.28. The Morgan fingerprint density at radius 2 is 1.80 bits per heavy atom. The molecule has 0 spiro atoms. The van der Waals surface area contributed by atoms with Gasteiger partial charge in [-0.3, -0.25) is 29.4 Å². The first kappa shape index (κ1) is 24.3. The first-order valence-electron chi connectivity index (χ1n) is 10.5. The van der Waals surface area contributed by atoms with Crippen LogP contribution >= 0.6 is 0 Å². The lowest BCUT2D eigenvalue weighted by atomic mass is 9.54. The number of hydrogen-bond donors (Lipinski definition) is 6. The van der Waals surface area contributed by atoms with Gasteiger partial charge in [0.25, 0.3) is 5.91 Å². The first-order chi connectivity index (χ1) is 16.2. The molecule has 1 aromatic carbocycles. The highest BCUT2D eigenvalue weighted by Crippen LogP contribution is 2.56. The molecule has 0 saturated heterocycles. The second-order valence-corrected chi connectivity index (χ2v) is 9.20. The van der Waals surface area contributed by atoms with Gasteiger partial charge in [-0.05, 0) is 25.6 Å². The van der Waals surface area contributed by atoms with Gasteiger partial charge >= 0.3 is 5.69 Å². The van der Waals surface area contributed by atoms with Crippen molar-refractivity contribution in [1.82, 2.24) is 4.90 Å². The molecule has 1 aromatic rings. The second-order valence-electron chi connectivity index (χ2n) is 9.20. The fourth-order valence-corrected chi connectivity index (χ4v) is 5.75. The number of primary amides is 1. The number of amides is 1. The molecule has 7 N–H and O–H groups in total. The Bertz CT molecular complexity index is 1280. The number of rotatable bonds is 3. The number of carbonyl (C=O) groups excluding carboxylic acids is 3. The molecule has 0 bridgehead atoms. The molecule has 35 heavy (non-hydrogen) atoms. The van der Waals surface area contributed by atoms with Crippen molar-refractivity contribution < 1.29 is 44.8 Å². The van der Waals surface area contributed by atoms with Crippen LogP contribution in [0.15, 0.2) is 29.0 Å². The van der Waals surface area contributed by atoms with Gasteiger partial charge in [0.1, 0.15) is 17.1 Å². The zero-order chi connectivity index (χ0) is 26.3. The number of nitro benzene ring substituents is 1. The number of Topliss-reactive ketones (excluding diaryl/α,β-unsaturated/α-hetero) is 2. The maximum atomic E-state index is 13.7. The number of aliphatic hydroxyl groups is 4. The van der Waals surface area contributed by atoms with E-state index in [1.165, 1.54) is 32.0 Å². The van der Waals surface area contributed by atoms with Crippen LogP contribution in [0.3, 0.4) is 0 Å². The van der Waals surface area contributed by atoms with E-state index in [4.69, 9.17) is 5.73 Å². The van der Waals surface area contributed by atoms with Crippen LogP contribution in [0.25, 0.3) is 5.76 Å². The van der Waals surface area contributed by atoms with Gasteiger partial charge in [0.2, 0.25) is 11.5 Å². The number of benzene rings is 1. The predicted octanol–water partition coefficient (Wildman–Crippen LogP) is -0.596. The van der Waals surface area contributed by atoms with Crippen LogP contribution in [0, 0.1) is 22.0 Å². The van der Waals surface area contributed by atoms with E-state index in [0.29, 0.717) is 0 Å². The molecule has 3 aliphatic carbocycles. The van der Waals surface area contributed by atoms with Gasteiger partial charge in [0.05, 0.1) is 28.6 Å². The molecule has 4 rings (SSSR count). The Morgan fingerprint density at radius 3 is 2.31 bits per heavy atom. The SMILES string of the molecule is CC1c2ccc([N+](=O)[O-])c(O)c2C(O)=C2C(=O)[C@]3(O)C(O)=C(C(N)=O)C(=O)[C@@H](N(C)C)C3C(O)C21. The number of aliphatic hydroxyl groups excluding tert-OH is 3. The molecule has 4 unspecified atom stereocenters. The van der Waals surface area contributed by atoms with Crippen molar-refractivity contribution in [3.05, 3.63) is 50.3 Å². The Balaban J connectivity index is 2.07. The van der Waals surface area contributed by atoms with E-state index in [9.17, 15) is 50.0 Å². The Morgan fingerprint density at radius 1 is 1.20 bits per heavy atom. The molecule has 0 aromatic heterocycles. The highest BCUT2D eigenvalue weighted by molar-refractivity contribution is 6.24. The third-order valence-electron chi connectivity index (χ3n) is 7.30. The number of nitro groups is 1. The van der Waals surface area contributed by atoms with Gasteiger partial charge in [0.15, 0.2) is 11.4 Å². The van der Waals surface area contributed by atoms with Gasteiger partial charge in [-0.1, -0.05) is 13.0 Å². The fourth-order valence-electron chi connectivity index (χ4n) is 5.75. The molecular formula is C22H23N3O10. The van der Waals surface area contributed by atoms with Gasteiger partial charge < -0.3 is 31.3 Å². The second kappa shape index (κ2) is 7.60. The van der Waals surface area contributed by atoms with Crippen LogP contribution in [0.2, 0.25) is 0 Å². The zero-order valence-corrected chi connectivity index (χ0v) is 18.8. The number of carbonyl (C=O) groups is 3. The van der Waals surface area contributed by atoms with E-state index in [1.54, 1.807) is 0 Å². The average molecular weight is 489 g/mol. The molecule has 6 atom stereocenters. The van der Waals surface area contributed by atoms with Crippen LogP contribution < -0.4 is 5.73 Å². The van der Waals surface area contributed by atoms with Crippen molar-refractivity contribution in [3.63, 3.8) is 0 Å². The summed E-state index contributed by atoms with van der Waals surface area (Å²) in [5.74, 6) is -10.7. The summed E-state index contributed by atoms with van der Waals surface area (Å²) >= 11 is 0. The van der Waals surface area contributed by atoms with Gasteiger partial charge in [0, 0.05) is 17.6 Å². The van der Waals surface area contributed by atoms with Gasteiger partial charge in [-0.15, -0.1) is 0 Å². The van der Waals surface area contributed by atoms with Crippen LogP contribution in [0.1, 0.15) is 24.0 Å². The average Bonchev–Trinajstić information content (AvgIpc) is 2.75. The molecule has 0 heterocycles. The van der Waals surface area contributed by atoms with Crippen LogP contribution in [0.4, 0.5) is 5.69 Å². The van der Waals surface area contributed by atoms with Crippen molar-refractivity contribution in [2.75, 3.05) is 14.1 Å². The monoisotopic (exact) mass is 489 g/mol. The summed E-state index contributed by atoms with van der Waals surface area (Å²) in [5.41, 5.74) is -0.450. The normalized spacial score (nSPS) is 32.3. The number of phenols is 1. The van der Waals surface area contributed by atoms with Crippen molar-refractivity contribution in [1.29, 1.82) is 0 Å². The summed E-state index contributed by atoms with van der Waals surface area (Å²) in [7, 11) is 2.81. The third-order valence-corrected chi connectivity index (χ3v) is 7.30. The predicted molar refractivity (Wildman–Crippen MR) is 117 cm³/mol. The summed E-state index contributed by atoms with van der Waals surface area (Å²) in [6, 6.07) is 0.817. The standard InChI is InChI=1S/C22H23N3O10/c1-6-7-4-5-8(25(34)35)15(26)10(7)16(27)11-9(6)17(28)13-14(24(2)3)18(29)12(21(23)32)20(31)22(13,33)19(11)30/h4-6,9,13-14,17,26-28,31,33H,1-3H3,(H2,23,32)/t6?,9?,13?,14-,17?,22-/m0/s1. The lowest BCUT2D eigenvalue weighted by Gasteiger charge is -2.53. The number of ketones is 2. The first-order valence-corrected chi connectivity index (χ1v) is 10.5. The number of nitrogens with two attached hydrogens (primary N) is 1. The highest BCUT2D eigenvalue weighted by Gasteiger charge is 2.68. The van der Waals surface area contributed by atoms with Gasteiger partial charge in [-0.25, -0.2) is 0 Å². The number of phenolic OH excluding ortho intramolecular Hbond substituents is 1. The molecule has 1 saturated carbocycles. The summed E-state index contributed by atoms with van der Waals surface area (Å²) in [6.07, 6.45) is -1.73. The van der Waals surface area contributed by atoms with Crippen LogP contribution in [0.5, 0.6) is 5.75 Å². The van der Waals surface area contributed by atoms with Gasteiger partial charge in [-0.2, -0.15) is 0 Å². The molecule has 1 amide bonds. The largest absolute Gasteiger partial charge is 0.508 e. The highest BCUT2D eigenvalue weighted by atomic mass is 16.6. The number of aromatic hydroxyl groups is 1. The smallest absolute Gasteiger partial charge is 0.311 e. The minimum Gasteiger partial charge on any atom is -0.508 e. The molecule has 1 fully saturated rings. The molecular weight excluding hydrogens is 466 g/mol. The Hall–Kier alpha value is -3.81. The van der Waals surface area contributed by atoms with E-state index in [1.807, 2.05) is 0 Å². The minimum atomic E-state index is -3.04. The number of likely N-dealkylation sites (N-methyl/N-ethyl adjacent to an activating group) is 1. The van der Waals surface area contributed by atoms with Crippen LogP contribution in [-0.2, 0) is 14.4 Å². The van der Waals surface area contributed by atoms with E-state index in [-0.39, 0.29) is 5.56 Å². The molecule has 3 aliphatic rings. The van der Waals surface area contributed by atoms with Crippen molar-refractivity contribution in [2.45, 2.75) is 30.6 Å². The van der Waals surface area contributed by atoms with E-state index < -0.39 is 97.6 Å². The lowest BCUT2D eigenvalue weighted by Crippen LogP contribution is -2.70. The molecule has 186 valence electrons. The fraction of sp³-hybridized carbons (Fsp3) is 0.409. The summed E-state index contributed by atoms with van der Waals surface area (Å²) in [6.45, 7) is 1.53. The maximum absolute atomic E-state index is 13.7. The quantitative estimate of drug-likeness (QED) is 0.179. The number of hydrogen-bond acceptors (Lipinski definition) is 11. The summed E-state index contributed by atoms with van der Waals surface area (Å²) in [4.78, 5) is 50.4. The topological polar surface area (TPSA) is 225 Å². The molecule has 0 radical (unpaired) electrons. The number of fused-ring (bicyclic) bond motifs is 3. The van der Waals surface area contributed by atoms with Crippen molar-refractivity contribution in [3.8, 4) is 5.75 Å². The minimum absolute atomic E-state index is 0.178. The van der Waals surface area contributed by atoms with E-state index in [2.05, 4.69) is 0 Å². The van der Waals surface area contributed by atoms with E-state index in [0.717, 1.165) is 6.07 Å². The van der Waals surface area contributed by atoms with Crippen LogP contribution in [-0.4, -0.2) is 84.7 Å². The third kappa shape index (κ3) is 2.89. The summed E-state index contributed by atoms with van der Waals surface area (Å²) in [5, 5.41) is 66.6. The molecule has 13 nitrogen and oxygen atoms in total. The molecule has 13 heteroatoms. The maximum Gasteiger partial charge on any atom is 0.311 e. The number of nitrogens with zero attached hydrogens (tertiary/aromatic N) is 2. The van der Waals surface area contributed by atoms with Crippen molar-refractivity contribution in [2.24, 2.45) is 17.6 Å². The zero-order valence-electron chi connectivity index (χ0n) is 18.8. The van der Waals surface area contributed by atoms with E-state index >= 15 is 0 Å². The summed E-state index contributed by atoms with van der Waals surface area (Å²) < 4.78 is 0. The van der Waals surface area contributed by atoms with Crippen molar-refractivity contribution >= 4 is 28.9 Å². The lowest BCUT2D eigenvalue weighted by molar-refractivity contribution is -0.385. The Labute approximate surface area is 197 Å².